The lowest BCUT2D eigenvalue weighted by Gasteiger charge is -2.06. The van der Waals surface area contributed by atoms with Gasteiger partial charge in [0.2, 0.25) is 0 Å². The monoisotopic (exact) mass is 311 g/mol. The normalized spacial score (nSPS) is 11.2. The molecule has 1 amide bonds. The van der Waals surface area contributed by atoms with E-state index in [0.717, 1.165) is 11.1 Å². The Morgan fingerprint density at radius 3 is 2.48 bits per heavy atom. The van der Waals surface area contributed by atoms with Crippen molar-refractivity contribution in [2.75, 3.05) is 0 Å². The summed E-state index contributed by atoms with van der Waals surface area (Å²) in [6.07, 6.45) is 0. The van der Waals surface area contributed by atoms with E-state index in [2.05, 4.69) is 10.5 Å². The Bertz CT molecular complexity index is 797. The second-order valence-corrected chi connectivity index (χ2v) is 5.21. The third kappa shape index (κ3) is 3.79. The summed E-state index contributed by atoms with van der Waals surface area (Å²) < 4.78 is 0. The van der Waals surface area contributed by atoms with Crippen LogP contribution in [-0.4, -0.2) is 16.5 Å². The van der Waals surface area contributed by atoms with Crippen LogP contribution in [-0.2, 0) is 0 Å². The number of hydrogen-bond acceptors (Lipinski definition) is 4. The first-order chi connectivity index (χ1) is 10.9. The highest BCUT2D eigenvalue weighted by Crippen LogP contribution is 2.17. The van der Waals surface area contributed by atoms with Crippen LogP contribution in [0.4, 0.5) is 5.69 Å². The Balaban J connectivity index is 2.20. The molecule has 0 radical (unpaired) electrons. The molecule has 2 aromatic carbocycles. The molecule has 0 saturated heterocycles. The molecule has 0 aliphatic carbocycles. The van der Waals surface area contributed by atoms with Crippen LogP contribution < -0.4 is 5.43 Å². The number of carbonyl (C=O) groups excluding carboxylic acids is 1. The van der Waals surface area contributed by atoms with E-state index in [1.165, 1.54) is 23.8 Å². The van der Waals surface area contributed by atoms with Crippen molar-refractivity contribution in [1.29, 1.82) is 0 Å². The molecule has 0 bridgehead atoms. The highest BCUT2D eigenvalue weighted by Gasteiger charge is 2.18. The molecule has 0 heterocycles. The first-order valence-corrected chi connectivity index (χ1v) is 7.06. The van der Waals surface area contributed by atoms with Gasteiger partial charge in [-0.2, -0.15) is 5.10 Å². The van der Waals surface area contributed by atoms with Gasteiger partial charge in [0.15, 0.2) is 0 Å². The van der Waals surface area contributed by atoms with Gasteiger partial charge >= 0.3 is 0 Å². The zero-order chi connectivity index (χ0) is 17.0. The number of carbonyl (C=O) groups is 1. The molecule has 2 rings (SSSR count). The number of amides is 1. The SMILES string of the molecule is C/C(=N/NC(=O)c1ccccc1[N+](=O)[O-])c1ccc(C)c(C)c1. The number of benzene rings is 2. The van der Waals surface area contributed by atoms with E-state index < -0.39 is 10.8 Å². The summed E-state index contributed by atoms with van der Waals surface area (Å²) in [4.78, 5) is 22.5. The van der Waals surface area contributed by atoms with Crippen molar-refractivity contribution < 1.29 is 9.72 Å². The van der Waals surface area contributed by atoms with E-state index >= 15 is 0 Å². The van der Waals surface area contributed by atoms with Crippen molar-refractivity contribution in [2.45, 2.75) is 20.8 Å². The first kappa shape index (κ1) is 16.4. The Kier molecular flexibility index (Phi) is 4.85. The Labute approximate surface area is 134 Å². The number of nitrogens with zero attached hydrogens (tertiary/aromatic N) is 2. The summed E-state index contributed by atoms with van der Waals surface area (Å²) in [6.45, 7) is 5.78. The predicted octanol–water partition coefficient (Wildman–Crippen LogP) is 3.37. The Morgan fingerprint density at radius 1 is 1.13 bits per heavy atom. The average Bonchev–Trinajstić information content (AvgIpc) is 2.54. The second-order valence-electron chi connectivity index (χ2n) is 5.21. The third-order valence-corrected chi connectivity index (χ3v) is 3.60. The number of nitrogens with one attached hydrogen (secondary N) is 1. The fourth-order valence-corrected chi connectivity index (χ4v) is 2.05. The number of hydrazone groups is 1. The number of nitro groups is 1. The van der Waals surface area contributed by atoms with Gasteiger partial charge in [-0.15, -0.1) is 0 Å². The zero-order valence-corrected chi connectivity index (χ0v) is 13.2. The molecule has 0 fully saturated rings. The molecule has 2 aromatic rings. The molecule has 6 nitrogen and oxygen atoms in total. The van der Waals surface area contributed by atoms with E-state index in [0.29, 0.717) is 5.71 Å². The summed E-state index contributed by atoms with van der Waals surface area (Å²) in [7, 11) is 0. The molecule has 0 aliphatic heterocycles. The smallest absolute Gasteiger partial charge is 0.267 e. The molecule has 23 heavy (non-hydrogen) atoms. The fraction of sp³-hybridized carbons (Fsp3) is 0.176. The van der Waals surface area contributed by atoms with Gasteiger partial charge in [0, 0.05) is 6.07 Å². The van der Waals surface area contributed by atoms with Crippen LogP contribution in [0.5, 0.6) is 0 Å². The molecule has 0 atom stereocenters. The molecule has 0 spiro atoms. The predicted molar refractivity (Wildman–Crippen MR) is 88.7 cm³/mol. The fourth-order valence-electron chi connectivity index (χ4n) is 2.05. The van der Waals surface area contributed by atoms with Crippen molar-refractivity contribution in [3.63, 3.8) is 0 Å². The topological polar surface area (TPSA) is 84.6 Å². The van der Waals surface area contributed by atoms with Gasteiger partial charge in [0.05, 0.1) is 10.6 Å². The lowest BCUT2D eigenvalue weighted by atomic mass is 10.0. The van der Waals surface area contributed by atoms with Crippen molar-refractivity contribution in [2.24, 2.45) is 5.10 Å². The van der Waals surface area contributed by atoms with Crippen LogP contribution in [0.3, 0.4) is 0 Å². The average molecular weight is 311 g/mol. The lowest BCUT2D eigenvalue weighted by Crippen LogP contribution is -2.20. The summed E-state index contributed by atoms with van der Waals surface area (Å²) >= 11 is 0. The van der Waals surface area contributed by atoms with Gasteiger partial charge in [-0.25, -0.2) is 5.43 Å². The van der Waals surface area contributed by atoms with Crippen LogP contribution in [0.2, 0.25) is 0 Å². The lowest BCUT2D eigenvalue weighted by molar-refractivity contribution is -0.385. The van der Waals surface area contributed by atoms with Crippen molar-refractivity contribution in [3.8, 4) is 0 Å². The van der Waals surface area contributed by atoms with Crippen molar-refractivity contribution >= 4 is 17.3 Å². The summed E-state index contributed by atoms with van der Waals surface area (Å²) in [6, 6.07) is 11.6. The van der Waals surface area contributed by atoms with Crippen LogP contribution in [0.15, 0.2) is 47.6 Å². The van der Waals surface area contributed by atoms with Gasteiger partial charge in [0.1, 0.15) is 5.56 Å². The van der Waals surface area contributed by atoms with Crippen LogP contribution in [0.25, 0.3) is 0 Å². The summed E-state index contributed by atoms with van der Waals surface area (Å²) in [5.74, 6) is -0.611. The van der Waals surface area contributed by atoms with E-state index in [4.69, 9.17) is 0 Å². The number of rotatable bonds is 4. The standard InChI is InChI=1S/C17H17N3O3/c1-11-8-9-14(10-12(11)2)13(3)18-19-17(21)15-6-4-5-7-16(15)20(22)23/h4-10H,1-3H3,(H,19,21)/b18-13-. The maximum atomic E-state index is 12.1. The minimum absolute atomic E-state index is 0.0193. The van der Waals surface area contributed by atoms with Gasteiger partial charge in [0.25, 0.3) is 11.6 Å². The van der Waals surface area contributed by atoms with Crippen molar-refractivity contribution in [3.05, 3.63) is 74.8 Å². The summed E-state index contributed by atoms with van der Waals surface area (Å²) in [5, 5.41) is 15.0. The van der Waals surface area contributed by atoms with Gasteiger partial charge in [-0.1, -0.05) is 24.3 Å². The zero-order valence-electron chi connectivity index (χ0n) is 13.2. The first-order valence-electron chi connectivity index (χ1n) is 7.06. The highest BCUT2D eigenvalue weighted by molar-refractivity contribution is 6.02. The van der Waals surface area contributed by atoms with Gasteiger partial charge in [-0.3, -0.25) is 14.9 Å². The summed E-state index contributed by atoms with van der Waals surface area (Å²) in [5.41, 5.74) is 5.91. The molecule has 0 saturated carbocycles. The largest absolute Gasteiger partial charge is 0.282 e. The number of hydrogen-bond donors (Lipinski definition) is 1. The second kappa shape index (κ2) is 6.83. The maximum Gasteiger partial charge on any atom is 0.282 e. The van der Waals surface area contributed by atoms with Crippen LogP contribution >= 0.6 is 0 Å². The highest BCUT2D eigenvalue weighted by atomic mass is 16.6. The quantitative estimate of drug-likeness (QED) is 0.533. The molecule has 0 unspecified atom stereocenters. The maximum absolute atomic E-state index is 12.1. The molecule has 6 heteroatoms. The minimum atomic E-state index is -0.611. The van der Waals surface area contributed by atoms with Gasteiger partial charge in [-0.05, 0) is 49.6 Å². The Hall–Kier alpha value is -3.02. The molecular weight excluding hydrogens is 294 g/mol. The van der Waals surface area contributed by atoms with E-state index in [1.807, 2.05) is 32.0 Å². The molecular formula is C17H17N3O3. The molecule has 1 N–H and O–H groups in total. The minimum Gasteiger partial charge on any atom is -0.267 e. The van der Waals surface area contributed by atoms with E-state index in [1.54, 1.807) is 13.0 Å². The molecule has 118 valence electrons. The van der Waals surface area contributed by atoms with E-state index in [9.17, 15) is 14.9 Å². The van der Waals surface area contributed by atoms with Gasteiger partial charge < -0.3 is 0 Å². The molecule has 0 aromatic heterocycles. The number of nitro benzene ring substituents is 1. The third-order valence-electron chi connectivity index (χ3n) is 3.60. The van der Waals surface area contributed by atoms with E-state index in [-0.39, 0.29) is 11.3 Å². The molecule has 0 aliphatic rings. The van der Waals surface area contributed by atoms with Crippen LogP contribution in [0.1, 0.15) is 34.0 Å². The van der Waals surface area contributed by atoms with Crippen LogP contribution in [0, 0.1) is 24.0 Å². The number of para-hydroxylation sites is 1. The Morgan fingerprint density at radius 2 is 1.83 bits per heavy atom. The van der Waals surface area contributed by atoms with Crippen molar-refractivity contribution in [1.82, 2.24) is 5.43 Å². The number of aryl methyl sites for hydroxylation is 2.